The van der Waals surface area contributed by atoms with Gasteiger partial charge in [0.15, 0.2) is 0 Å². The zero-order valence-corrected chi connectivity index (χ0v) is 12.4. The first-order valence-electron chi connectivity index (χ1n) is 7.91. The van der Waals surface area contributed by atoms with Gasteiger partial charge in [-0.05, 0) is 38.0 Å². The van der Waals surface area contributed by atoms with Gasteiger partial charge < -0.3 is 9.47 Å². The molecule has 3 aliphatic rings. The third-order valence-corrected chi connectivity index (χ3v) is 4.65. The maximum absolute atomic E-state index is 12.5. The summed E-state index contributed by atoms with van der Waals surface area (Å²) in [5.74, 6) is 0.372. The minimum atomic E-state index is -0.486. The van der Waals surface area contributed by atoms with Crippen molar-refractivity contribution in [1.82, 2.24) is 10.2 Å². The minimum absolute atomic E-state index is 0.0722. The molecule has 0 aromatic carbocycles. The van der Waals surface area contributed by atoms with Gasteiger partial charge in [-0.1, -0.05) is 0 Å². The second-order valence-electron chi connectivity index (χ2n) is 6.40. The number of ether oxygens (including phenoxy) is 2. The molecule has 0 aromatic heterocycles. The predicted molar refractivity (Wildman–Crippen MR) is 75.5 cm³/mol. The van der Waals surface area contributed by atoms with Crippen LogP contribution in [-0.2, 0) is 14.3 Å². The molecule has 20 heavy (non-hydrogen) atoms. The maximum Gasteiger partial charge on any atom is 0.327 e. The molecule has 114 valence electrons. The Morgan fingerprint density at radius 1 is 1.30 bits per heavy atom. The van der Waals surface area contributed by atoms with E-state index in [0.717, 1.165) is 52.1 Å². The zero-order valence-electron chi connectivity index (χ0n) is 12.4. The number of esters is 1. The standard InChI is InChI=1S/C15H26N2O3/c1-19-14(18)15(12-3-4-12,16-13-5-6-13)11-17-7-2-9-20-10-8-17/h12-13,16H,2-11H2,1H3. The van der Waals surface area contributed by atoms with Gasteiger partial charge in [-0.2, -0.15) is 0 Å². The summed E-state index contributed by atoms with van der Waals surface area (Å²) >= 11 is 0. The summed E-state index contributed by atoms with van der Waals surface area (Å²) in [5.41, 5.74) is -0.486. The van der Waals surface area contributed by atoms with Crippen LogP contribution in [0.15, 0.2) is 0 Å². The molecule has 3 rings (SSSR count). The molecule has 1 heterocycles. The lowest BCUT2D eigenvalue weighted by atomic mass is 9.91. The first-order chi connectivity index (χ1) is 9.74. The summed E-state index contributed by atoms with van der Waals surface area (Å²) in [6.07, 6.45) is 5.70. The summed E-state index contributed by atoms with van der Waals surface area (Å²) in [6, 6.07) is 0.512. The number of nitrogens with zero attached hydrogens (tertiary/aromatic N) is 1. The number of nitrogens with one attached hydrogen (secondary N) is 1. The topological polar surface area (TPSA) is 50.8 Å². The van der Waals surface area contributed by atoms with Crippen LogP contribution in [-0.4, -0.2) is 62.4 Å². The molecule has 1 N–H and O–H groups in total. The van der Waals surface area contributed by atoms with Gasteiger partial charge in [0.1, 0.15) is 5.54 Å². The Kier molecular flexibility index (Phi) is 4.29. The predicted octanol–water partition coefficient (Wildman–Crippen LogP) is 0.783. The molecular formula is C15H26N2O3. The van der Waals surface area contributed by atoms with Crippen LogP contribution >= 0.6 is 0 Å². The van der Waals surface area contributed by atoms with Crippen molar-refractivity contribution in [3.8, 4) is 0 Å². The zero-order chi connectivity index (χ0) is 14.0. The van der Waals surface area contributed by atoms with Crippen molar-refractivity contribution in [2.45, 2.75) is 43.7 Å². The van der Waals surface area contributed by atoms with Crippen LogP contribution in [0, 0.1) is 5.92 Å². The van der Waals surface area contributed by atoms with Crippen molar-refractivity contribution in [3.63, 3.8) is 0 Å². The van der Waals surface area contributed by atoms with Crippen molar-refractivity contribution in [2.24, 2.45) is 5.92 Å². The maximum atomic E-state index is 12.5. The van der Waals surface area contributed by atoms with Crippen LogP contribution in [0.1, 0.15) is 32.1 Å². The molecule has 2 aliphatic carbocycles. The normalized spacial score (nSPS) is 27.6. The fourth-order valence-corrected chi connectivity index (χ4v) is 3.24. The van der Waals surface area contributed by atoms with Crippen molar-refractivity contribution in [3.05, 3.63) is 0 Å². The largest absolute Gasteiger partial charge is 0.468 e. The van der Waals surface area contributed by atoms with E-state index in [4.69, 9.17) is 9.47 Å². The second-order valence-corrected chi connectivity index (χ2v) is 6.40. The van der Waals surface area contributed by atoms with Crippen LogP contribution in [0.2, 0.25) is 0 Å². The van der Waals surface area contributed by atoms with E-state index in [1.165, 1.54) is 20.0 Å². The van der Waals surface area contributed by atoms with E-state index in [0.29, 0.717) is 12.0 Å². The molecular weight excluding hydrogens is 256 g/mol. The highest BCUT2D eigenvalue weighted by molar-refractivity contribution is 5.82. The highest BCUT2D eigenvalue weighted by Gasteiger charge is 2.54. The van der Waals surface area contributed by atoms with Gasteiger partial charge in [0, 0.05) is 32.3 Å². The Morgan fingerprint density at radius 2 is 2.10 bits per heavy atom. The highest BCUT2D eigenvalue weighted by Crippen LogP contribution is 2.43. The van der Waals surface area contributed by atoms with Crippen LogP contribution in [0.3, 0.4) is 0 Å². The van der Waals surface area contributed by atoms with Crippen molar-refractivity contribution >= 4 is 5.97 Å². The van der Waals surface area contributed by atoms with E-state index in [-0.39, 0.29) is 5.97 Å². The quantitative estimate of drug-likeness (QED) is 0.730. The Labute approximate surface area is 121 Å². The number of carbonyl (C=O) groups excluding carboxylic acids is 1. The van der Waals surface area contributed by atoms with E-state index in [1.807, 2.05) is 0 Å². The summed E-state index contributed by atoms with van der Waals surface area (Å²) in [7, 11) is 1.51. The Bertz CT molecular complexity index is 347. The summed E-state index contributed by atoms with van der Waals surface area (Å²) in [6.45, 7) is 4.30. The van der Waals surface area contributed by atoms with Crippen molar-refractivity contribution < 1.29 is 14.3 Å². The number of carbonyl (C=O) groups is 1. The Morgan fingerprint density at radius 3 is 2.75 bits per heavy atom. The van der Waals surface area contributed by atoms with Gasteiger partial charge >= 0.3 is 5.97 Å². The molecule has 5 nitrogen and oxygen atoms in total. The van der Waals surface area contributed by atoms with Gasteiger partial charge in [-0.25, -0.2) is 4.79 Å². The molecule has 1 atom stereocenters. The summed E-state index contributed by atoms with van der Waals surface area (Å²) in [4.78, 5) is 14.9. The lowest BCUT2D eigenvalue weighted by molar-refractivity contribution is -0.151. The van der Waals surface area contributed by atoms with E-state index in [2.05, 4.69) is 10.2 Å². The molecule has 0 aromatic rings. The van der Waals surface area contributed by atoms with Crippen LogP contribution in [0.4, 0.5) is 0 Å². The smallest absolute Gasteiger partial charge is 0.327 e. The summed E-state index contributed by atoms with van der Waals surface area (Å²) < 4.78 is 10.7. The van der Waals surface area contributed by atoms with E-state index in [9.17, 15) is 4.79 Å². The van der Waals surface area contributed by atoms with Gasteiger partial charge in [0.05, 0.1) is 13.7 Å². The third kappa shape index (κ3) is 3.15. The molecule has 0 radical (unpaired) electrons. The van der Waals surface area contributed by atoms with Gasteiger partial charge in [0.2, 0.25) is 0 Å². The number of hydrogen-bond donors (Lipinski definition) is 1. The minimum Gasteiger partial charge on any atom is -0.468 e. The van der Waals surface area contributed by atoms with Gasteiger partial charge in [-0.3, -0.25) is 10.2 Å². The summed E-state index contributed by atoms with van der Waals surface area (Å²) in [5, 5.41) is 3.63. The first-order valence-corrected chi connectivity index (χ1v) is 7.91. The van der Waals surface area contributed by atoms with E-state index < -0.39 is 5.54 Å². The molecule has 0 spiro atoms. The first kappa shape index (κ1) is 14.3. The molecule has 3 fully saturated rings. The van der Waals surface area contributed by atoms with Crippen molar-refractivity contribution in [2.75, 3.05) is 40.0 Å². The Hall–Kier alpha value is -0.650. The SMILES string of the molecule is COC(=O)C(CN1CCCOCC1)(NC1CC1)C1CC1. The van der Waals surface area contributed by atoms with Crippen LogP contribution in [0.5, 0.6) is 0 Å². The van der Waals surface area contributed by atoms with E-state index in [1.54, 1.807) is 0 Å². The molecule has 0 amide bonds. The second kappa shape index (κ2) is 6.00. The molecule has 0 bridgehead atoms. The Balaban J connectivity index is 1.73. The molecule has 1 saturated heterocycles. The average Bonchev–Trinajstić information content (AvgIpc) is 3.32. The fraction of sp³-hybridized carbons (Fsp3) is 0.933. The number of rotatable bonds is 6. The van der Waals surface area contributed by atoms with Gasteiger partial charge in [-0.15, -0.1) is 0 Å². The molecule has 1 unspecified atom stereocenters. The number of methoxy groups -OCH3 is 1. The fourth-order valence-electron chi connectivity index (χ4n) is 3.24. The van der Waals surface area contributed by atoms with Gasteiger partial charge in [0.25, 0.3) is 0 Å². The molecule has 5 heteroatoms. The lowest BCUT2D eigenvalue weighted by Gasteiger charge is -2.37. The third-order valence-electron chi connectivity index (χ3n) is 4.65. The molecule has 2 saturated carbocycles. The highest BCUT2D eigenvalue weighted by atomic mass is 16.5. The molecule has 1 aliphatic heterocycles. The van der Waals surface area contributed by atoms with Crippen LogP contribution in [0.25, 0.3) is 0 Å². The van der Waals surface area contributed by atoms with Crippen molar-refractivity contribution in [1.29, 1.82) is 0 Å². The van der Waals surface area contributed by atoms with Crippen LogP contribution < -0.4 is 5.32 Å². The monoisotopic (exact) mass is 282 g/mol. The number of hydrogen-bond acceptors (Lipinski definition) is 5. The lowest BCUT2D eigenvalue weighted by Crippen LogP contribution is -2.62. The average molecular weight is 282 g/mol. The van der Waals surface area contributed by atoms with E-state index >= 15 is 0 Å².